The lowest BCUT2D eigenvalue weighted by Crippen LogP contribution is -2.60. The van der Waals surface area contributed by atoms with E-state index in [1.165, 1.54) is 5.56 Å². The lowest BCUT2D eigenvalue weighted by Gasteiger charge is -2.41. The van der Waals surface area contributed by atoms with Gasteiger partial charge in [-0.25, -0.2) is 0 Å². The van der Waals surface area contributed by atoms with Crippen LogP contribution in [-0.2, 0) is 20.7 Å². The summed E-state index contributed by atoms with van der Waals surface area (Å²) in [6, 6.07) is 15.9. The van der Waals surface area contributed by atoms with Crippen molar-refractivity contribution < 1.29 is 19.1 Å². The number of rotatable bonds is 4. The number of anilines is 1. The molecule has 0 radical (unpaired) electrons. The molecule has 4 rings (SSSR count). The summed E-state index contributed by atoms with van der Waals surface area (Å²) in [6.45, 7) is 6.57. The van der Waals surface area contributed by atoms with E-state index in [0.717, 1.165) is 23.4 Å². The van der Waals surface area contributed by atoms with E-state index in [0.29, 0.717) is 45.2 Å². The van der Waals surface area contributed by atoms with E-state index in [2.05, 4.69) is 30.6 Å². The Morgan fingerprint density at radius 2 is 1.91 bits per heavy atom. The average molecular weight is 478 g/mol. The monoisotopic (exact) mass is 477 g/mol. The zero-order valence-corrected chi connectivity index (χ0v) is 20.6. The van der Waals surface area contributed by atoms with Crippen LogP contribution < -0.4 is 15.4 Å². The number of para-hydroxylation sites is 1. The molecule has 2 aliphatic rings. The first-order chi connectivity index (χ1) is 16.9. The third-order valence-electron chi connectivity index (χ3n) is 6.48. The van der Waals surface area contributed by atoms with Gasteiger partial charge in [0, 0.05) is 25.2 Å². The summed E-state index contributed by atoms with van der Waals surface area (Å²) >= 11 is 0. The fraction of sp³-hybridized carbons (Fsp3) is 0.429. The molecule has 2 aliphatic heterocycles. The smallest absolute Gasteiger partial charge is 0.254 e. The molecular weight excluding hydrogens is 442 g/mol. The largest absolute Gasteiger partial charge is 0.491 e. The van der Waals surface area contributed by atoms with Gasteiger partial charge in [0.05, 0.1) is 19.7 Å². The summed E-state index contributed by atoms with van der Waals surface area (Å²) in [6.07, 6.45) is 5.21. The van der Waals surface area contributed by atoms with Gasteiger partial charge < -0.3 is 20.1 Å². The van der Waals surface area contributed by atoms with Gasteiger partial charge in [0.15, 0.2) is 5.60 Å². The van der Waals surface area contributed by atoms with Crippen LogP contribution in [0.3, 0.4) is 0 Å². The average Bonchev–Trinajstić information content (AvgIpc) is 2.85. The van der Waals surface area contributed by atoms with Gasteiger partial charge in [-0.15, -0.1) is 0 Å². The molecular formula is C28H35N3O4. The molecule has 35 heavy (non-hydrogen) atoms. The van der Waals surface area contributed by atoms with Crippen LogP contribution in [0.2, 0.25) is 0 Å². The van der Waals surface area contributed by atoms with E-state index < -0.39 is 5.60 Å². The zero-order valence-electron chi connectivity index (χ0n) is 20.6. The predicted octanol–water partition coefficient (Wildman–Crippen LogP) is 3.52. The molecule has 7 nitrogen and oxygen atoms in total. The molecule has 7 heteroatoms. The van der Waals surface area contributed by atoms with Crippen molar-refractivity contribution in [1.29, 1.82) is 0 Å². The van der Waals surface area contributed by atoms with Crippen molar-refractivity contribution >= 4 is 17.5 Å². The minimum atomic E-state index is -1.04. The second kappa shape index (κ2) is 11.5. The maximum atomic E-state index is 13.2. The number of amides is 2. The Balaban J connectivity index is 1.41. The Kier molecular flexibility index (Phi) is 8.21. The van der Waals surface area contributed by atoms with E-state index in [9.17, 15) is 9.59 Å². The molecule has 2 aromatic rings. The molecule has 186 valence electrons. The van der Waals surface area contributed by atoms with Crippen LogP contribution in [0, 0.1) is 0 Å². The van der Waals surface area contributed by atoms with Gasteiger partial charge in [-0.1, -0.05) is 56.3 Å². The van der Waals surface area contributed by atoms with Gasteiger partial charge in [0.2, 0.25) is 5.91 Å². The number of carbonyl (C=O) groups excluding carboxylic acids is 2. The highest BCUT2D eigenvalue weighted by atomic mass is 16.5. The predicted molar refractivity (Wildman–Crippen MR) is 137 cm³/mol. The summed E-state index contributed by atoms with van der Waals surface area (Å²) < 4.78 is 12.0. The Hall–Kier alpha value is -3.16. The number of carbonyl (C=O) groups is 2. The second-order valence-corrected chi connectivity index (χ2v) is 9.47. The van der Waals surface area contributed by atoms with Gasteiger partial charge in [-0.3, -0.25) is 14.5 Å². The molecule has 0 saturated carbocycles. The Morgan fingerprint density at radius 1 is 1.11 bits per heavy atom. The van der Waals surface area contributed by atoms with E-state index in [1.54, 1.807) is 0 Å². The third kappa shape index (κ3) is 6.50. The number of ether oxygens (including phenoxy) is 2. The molecule has 0 aliphatic carbocycles. The number of allylic oxidation sites excluding steroid dienone is 1. The first-order valence-electron chi connectivity index (χ1n) is 12.4. The fourth-order valence-corrected chi connectivity index (χ4v) is 4.48. The number of morpholine rings is 1. The number of fused-ring (bicyclic) bond motifs is 1. The van der Waals surface area contributed by atoms with Crippen LogP contribution in [0.25, 0.3) is 0 Å². The number of hydrogen-bond acceptors (Lipinski definition) is 5. The van der Waals surface area contributed by atoms with Crippen molar-refractivity contribution in [1.82, 2.24) is 10.2 Å². The summed E-state index contributed by atoms with van der Waals surface area (Å²) in [4.78, 5) is 28.0. The summed E-state index contributed by atoms with van der Waals surface area (Å²) in [5.74, 6) is 1.01. The molecule has 2 heterocycles. The molecule has 1 spiro atoms. The Bertz CT molecular complexity index is 1050. The minimum Gasteiger partial charge on any atom is -0.491 e. The SMILES string of the molecule is CC(C)c1ccc(NC(=O)CN2CCOC3(C/C=C/Cc4ccccc4OCCNC3=O)C2)cc1. The van der Waals surface area contributed by atoms with Crippen molar-refractivity contribution in [3.8, 4) is 5.75 Å². The maximum Gasteiger partial charge on any atom is 0.254 e. The Morgan fingerprint density at radius 3 is 2.71 bits per heavy atom. The minimum absolute atomic E-state index is 0.103. The van der Waals surface area contributed by atoms with Gasteiger partial charge in [0.1, 0.15) is 12.4 Å². The zero-order chi connectivity index (χ0) is 24.7. The Labute approximate surface area is 207 Å². The topological polar surface area (TPSA) is 79.9 Å². The van der Waals surface area contributed by atoms with Gasteiger partial charge in [-0.05, 0) is 41.7 Å². The molecule has 1 atom stereocenters. The molecule has 1 saturated heterocycles. The molecule has 0 aromatic heterocycles. The van der Waals surface area contributed by atoms with Crippen LogP contribution in [0.1, 0.15) is 37.3 Å². The highest BCUT2D eigenvalue weighted by Crippen LogP contribution is 2.25. The van der Waals surface area contributed by atoms with Crippen LogP contribution in [0.4, 0.5) is 5.69 Å². The van der Waals surface area contributed by atoms with Gasteiger partial charge in [0.25, 0.3) is 5.91 Å². The molecule has 0 bridgehead atoms. The van der Waals surface area contributed by atoms with Gasteiger partial charge >= 0.3 is 0 Å². The second-order valence-electron chi connectivity index (χ2n) is 9.47. The van der Waals surface area contributed by atoms with Crippen LogP contribution >= 0.6 is 0 Å². The van der Waals surface area contributed by atoms with Crippen molar-refractivity contribution in [3.63, 3.8) is 0 Å². The molecule has 1 fully saturated rings. The van der Waals surface area contributed by atoms with Crippen molar-refractivity contribution in [2.75, 3.05) is 44.7 Å². The molecule has 2 amide bonds. The quantitative estimate of drug-likeness (QED) is 0.659. The van der Waals surface area contributed by atoms with Crippen molar-refractivity contribution in [3.05, 3.63) is 71.8 Å². The number of nitrogens with zero attached hydrogens (tertiary/aromatic N) is 1. The highest BCUT2D eigenvalue weighted by Gasteiger charge is 2.43. The highest BCUT2D eigenvalue weighted by molar-refractivity contribution is 5.92. The number of nitrogens with one attached hydrogen (secondary N) is 2. The lowest BCUT2D eigenvalue weighted by molar-refractivity contribution is -0.160. The molecule has 2 aromatic carbocycles. The van der Waals surface area contributed by atoms with E-state index in [4.69, 9.17) is 9.47 Å². The maximum absolute atomic E-state index is 13.2. The summed E-state index contributed by atoms with van der Waals surface area (Å²) in [5.41, 5.74) is 2.07. The van der Waals surface area contributed by atoms with Crippen molar-refractivity contribution in [2.24, 2.45) is 0 Å². The van der Waals surface area contributed by atoms with E-state index in [-0.39, 0.29) is 18.4 Å². The normalized spacial score (nSPS) is 22.3. The first kappa shape index (κ1) is 24.9. The van der Waals surface area contributed by atoms with Gasteiger partial charge in [-0.2, -0.15) is 0 Å². The lowest BCUT2D eigenvalue weighted by atomic mass is 9.94. The number of benzene rings is 2. The van der Waals surface area contributed by atoms with E-state index in [1.807, 2.05) is 59.5 Å². The summed E-state index contributed by atoms with van der Waals surface area (Å²) in [7, 11) is 0. The summed E-state index contributed by atoms with van der Waals surface area (Å²) in [5, 5.41) is 5.94. The molecule has 1 unspecified atom stereocenters. The van der Waals surface area contributed by atoms with E-state index >= 15 is 0 Å². The van der Waals surface area contributed by atoms with Crippen LogP contribution in [-0.4, -0.2) is 61.7 Å². The van der Waals surface area contributed by atoms with Crippen LogP contribution in [0.5, 0.6) is 5.75 Å². The van der Waals surface area contributed by atoms with Crippen LogP contribution in [0.15, 0.2) is 60.7 Å². The fourth-order valence-electron chi connectivity index (χ4n) is 4.48. The van der Waals surface area contributed by atoms with Crippen molar-refractivity contribution in [2.45, 2.75) is 38.2 Å². The standard InChI is InChI=1S/C28H35N3O4/c1-21(2)22-10-12-24(13-11-22)30-26(32)19-31-16-18-35-28(20-31)14-6-5-8-23-7-3-4-9-25(23)34-17-15-29-27(28)33/h3-7,9-13,21H,8,14-20H2,1-2H3,(H,29,33)(H,30,32)/b6-5+. The number of hydrogen-bond donors (Lipinski definition) is 2. The first-order valence-corrected chi connectivity index (χ1v) is 12.4. The molecule has 2 N–H and O–H groups in total. The third-order valence-corrected chi connectivity index (χ3v) is 6.48.